The van der Waals surface area contributed by atoms with Gasteiger partial charge in [-0.05, 0) is 73.9 Å². The molecule has 11 nitrogen and oxygen atoms in total. The van der Waals surface area contributed by atoms with Crippen molar-refractivity contribution in [2.45, 2.75) is 45.7 Å². The van der Waals surface area contributed by atoms with Gasteiger partial charge in [0.25, 0.3) is 0 Å². The lowest BCUT2D eigenvalue weighted by Gasteiger charge is -2.39. The zero-order chi connectivity index (χ0) is 38.1. The second-order valence-electron chi connectivity index (χ2n) is 13.6. The average molecular weight is 780 g/mol. The average Bonchev–Trinajstić information content (AvgIpc) is 3.55. The van der Waals surface area contributed by atoms with Crippen LogP contribution in [0.1, 0.15) is 62.5 Å². The van der Waals surface area contributed by atoms with E-state index < -0.39 is 17.5 Å². The van der Waals surface area contributed by atoms with E-state index in [1.807, 2.05) is 92.4 Å². The number of carbonyl (C=O) groups excluding carboxylic acids is 2. The molecule has 13 heteroatoms. The zero-order valence-electron chi connectivity index (χ0n) is 31.1. The number of halogens is 2. The molecule has 0 unspecified atom stereocenters. The number of carbonyl (C=O) groups is 2. The van der Waals surface area contributed by atoms with E-state index in [-0.39, 0.29) is 25.9 Å². The number of benzene rings is 3. The highest BCUT2D eigenvalue weighted by Crippen LogP contribution is 2.46. The van der Waals surface area contributed by atoms with Crippen molar-refractivity contribution in [1.29, 1.82) is 5.26 Å². The van der Waals surface area contributed by atoms with E-state index >= 15 is 0 Å². The molecule has 5 rings (SSSR count). The first kappa shape index (κ1) is 42.6. The van der Waals surface area contributed by atoms with Crippen LogP contribution in [0.15, 0.2) is 71.7 Å². The first-order valence-corrected chi connectivity index (χ1v) is 18.6. The van der Waals surface area contributed by atoms with E-state index in [0.29, 0.717) is 86.3 Å². The van der Waals surface area contributed by atoms with Gasteiger partial charge in [0.15, 0.2) is 0 Å². The molecule has 0 N–H and O–H groups in total. The Kier molecular flexibility index (Phi) is 15.3. The van der Waals surface area contributed by atoms with Crippen molar-refractivity contribution in [3.63, 3.8) is 0 Å². The number of hydrogen-bond donors (Lipinski definition) is 0. The Bertz CT molecular complexity index is 1780. The number of urea groups is 1. The van der Waals surface area contributed by atoms with Crippen molar-refractivity contribution in [1.82, 2.24) is 19.6 Å². The van der Waals surface area contributed by atoms with Gasteiger partial charge in [0.05, 0.1) is 49.5 Å². The number of aliphatic imine (C=N–C) groups is 1. The molecule has 54 heavy (non-hydrogen) atoms. The number of nitriles is 1. The molecular weight excluding hydrogens is 727 g/mol. The van der Waals surface area contributed by atoms with Gasteiger partial charge in [-0.25, -0.2) is 4.79 Å². The Morgan fingerprint density at radius 2 is 1.48 bits per heavy atom. The quantitative estimate of drug-likeness (QED) is 0.170. The van der Waals surface area contributed by atoms with Crippen LogP contribution in [0.2, 0.25) is 10.0 Å². The summed E-state index contributed by atoms with van der Waals surface area (Å²) in [6, 6.07) is 21.8. The third-order valence-electron chi connectivity index (χ3n) is 9.70. The summed E-state index contributed by atoms with van der Waals surface area (Å²) in [5.41, 5.74) is 2.42. The van der Waals surface area contributed by atoms with Crippen LogP contribution in [0.4, 0.5) is 4.79 Å². The summed E-state index contributed by atoms with van der Waals surface area (Å²) < 4.78 is 16.6. The highest BCUT2D eigenvalue weighted by atomic mass is 35.5. The molecule has 0 aliphatic carbocycles. The van der Waals surface area contributed by atoms with Gasteiger partial charge in [-0.15, -0.1) is 0 Å². The molecule has 3 amide bonds. The summed E-state index contributed by atoms with van der Waals surface area (Å²) in [5, 5.41) is 11.1. The molecule has 2 atom stereocenters. The molecule has 2 aliphatic heterocycles. The van der Waals surface area contributed by atoms with Crippen LogP contribution in [0.25, 0.3) is 0 Å². The molecule has 290 valence electrons. The van der Waals surface area contributed by atoms with Crippen LogP contribution in [0, 0.1) is 11.3 Å². The molecule has 3 aromatic rings. The van der Waals surface area contributed by atoms with Crippen molar-refractivity contribution in [2.24, 2.45) is 4.99 Å². The highest BCUT2D eigenvalue weighted by molar-refractivity contribution is 6.30. The number of rotatable bonds is 14. The number of piperazine rings is 1. The molecule has 0 radical (unpaired) electrons. The Hall–Kier alpha value is -4.18. The number of amidine groups is 1. The maximum absolute atomic E-state index is 15.0. The minimum absolute atomic E-state index is 0. The Labute approximate surface area is 330 Å². The van der Waals surface area contributed by atoms with Crippen molar-refractivity contribution < 1.29 is 23.8 Å². The van der Waals surface area contributed by atoms with Crippen LogP contribution in [0.3, 0.4) is 0 Å². The summed E-state index contributed by atoms with van der Waals surface area (Å²) in [7, 11) is 3.23. The molecule has 0 bridgehead atoms. The first-order chi connectivity index (χ1) is 25.5. The Balaban J connectivity index is 0.00000650. The highest BCUT2D eigenvalue weighted by Gasteiger charge is 2.45. The van der Waals surface area contributed by atoms with Crippen molar-refractivity contribution in [2.75, 3.05) is 79.9 Å². The largest absolute Gasteiger partial charge is 0.493 e. The van der Waals surface area contributed by atoms with Crippen LogP contribution >= 0.6 is 23.2 Å². The summed E-state index contributed by atoms with van der Waals surface area (Å²) in [6.07, 6.45) is 0. The number of methoxy groups -OCH3 is 2. The standard InChI is InChI=1S/C40H48Cl2N6O5.CH4/c1-6-53-34-25-30(40(2,3)27-43)11-16-33(34)38-44-36(28-7-12-31(41)13-8-28)37(29-9-14-32(42)15-10-29)48(38)39(50)47-19-17-45(18-20-47)26-35(49)46(21-23-51-4)22-24-52-5;/h7-16,25,36-37H,6,17-24,26H2,1-5H3;1H4/t36-,37+;/m0./s1. The van der Waals surface area contributed by atoms with Crippen molar-refractivity contribution >= 4 is 41.0 Å². The summed E-state index contributed by atoms with van der Waals surface area (Å²) in [6.45, 7) is 9.94. The van der Waals surface area contributed by atoms with Gasteiger partial charge in [-0.1, -0.05) is 61.0 Å². The van der Waals surface area contributed by atoms with Crippen LogP contribution in [0.5, 0.6) is 5.75 Å². The molecule has 2 heterocycles. The predicted molar refractivity (Wildman–Crippen MR) is 213 cm³/mol. The number of amides is 3. The van der Waals surface area contributed by atoms with Crippen LogP contribution < -0.4 is 4.74 Å². The maximum atomic E-state index is 15.0. The van der Waals surface area contributed by atoms with Crippen molar-refractivity contribution in [3.8, 4) is 11.8 Å². The van der Waals surface area contributed by atoms with E-state index in [1.165, 1.54) is 0 Å². The monoisotopic (exact) mass is 778 g/mol. The van der Waals surface area contributed by atoms with E-state index in [4.69, 9.17) is 42.4 Å². The molecule has 3 aromatic carbocycles. The number of ether oxygens (including phenoxy) is 3. The fourth-order valence-corrected chi connectivity index (χ4v) is 6.85. The molecule has 2 aliphatic rings. The molecule has 0 aromatic heterocycles. The van der Waals surface area contributed by atoms with Gasteiger partial charge in [-0.2, -0.15) is 5.26 Å². The van der Waals surface area contributed by atoms with Gasteiger partial charge >= 0.3 is 6.03 Å². The summed E-state index contributed by atoms with van der Waals surface area (Å²) in [5.74, 6) is 0.989. The first-order valence-electron chi connectivity index (χ1n) is 17.8. The van der Waals surface area contributed by atoms with Gasteiger partial charge in [0.1, 0.15) is 17.6 Å². The van der Waals surface area contributed by atoms with Gasteiger partial charge in [0.2, 0.25) is 5.91 Å². The number of nitrogens with zero attached hydrogens (tertiary/aromatic N) is 6. The van der Waals surface area contributed by atoms with E-state index in [0.717, 1.165) is 16.7 Å². The molecule has 1 saturated heterocycles. The van der Waals surface area contributed by atoms with Crippen molar-refractivity contribution in [3.05, 3.63) is 99.0 Å². The van der Waals surface area contributed by atoms with Crippen LogP contribution in [-0.4, -0.2) is 117 Å². The second-order valence-corrected chi connectivity index (χ2v) is 14.5. The smallest absolute Gasteiger partial charge is 0.326 e. The van der Waals surface area contributed by atoms with Crippen LogP contribution in [-0.2, 0) is 19.7 Å². The van der Waals surface area contributed by atoms with E-state index in [9.17, 15) is 14.9 Å². The number of hydrogen-bond acceptors (Lipinski definition) is 8. The Morgan fingerprint density at radius 3 is 2.02 bits per heavy atom. The fraction of sp³-hybridized carbons (Fsp3) is 0.463. The minimum Gasteiger partial charge on any atom is -0.493 e. The van der Waals surface area contributed by atoms with Gasteiger partial charge in [0, 0.05) is 63.5 Å². The predicted octanol–water partition coefficient (Wildman–Crippen LogP) is 7.23. The maximum Gasteiger partial charge on any atom is 0.326 e. The normalized spacial score (nSPS) is 17.4. The third-order valence-corrected chi connectivity index (χ3v) is 10.2. The SMILES string of the molecule is C.CCOc1cc(C(C)(C)C#N)ccc1C1=N[C@@H](c2ccc(Cl)cc2)[C@@H](c2ccc(Cl)cc2)N1C(=O)N1CCN(CC(=O)N(CCOC)CCOC)CC1. The molecule has 0 saturated carbocycles. The second kappa shape index (κ2) is 19.4. The fourth-order valence-electron chi connectivity index (χ4n) is 6.59. The molecule has 1 fully saturated rings. The summed E-state index contributed by atoms with van der Waals surface area (Å²) in [4.78, 5) is 41.0. The molecular formula is C41H52Cl2N6O5. The summed E-state index contributed by atoms with van der Waals surface area (Å²) >= 11 is 12.7. The lowest BCUT2D eigenvalue weighted by atomic mass is 9.85. The third kappa shape index (κ3) is 9.92. The van der Waals surface area contributed by atoms with E-state index in [2.05, 4.69) is 11.0 Å². The molecule has 0 spiro atoms. The Morgan fingerprint density at radius 1 is 0.907 bits per heavy atom. The van der Waals surface area contributed by atoms with E-state index in [1.54, 1.807) is 24.0 Å². The lowest BCUT2D eigenvalue weighted by Crippen LogP contribution is -2.55. The minimum atomic E-state index is -0.763. The van der Waals surface area contributed by atoms with Gasteiger partial charge < -0.3 is 24.0 Å². The van der Waals surface area contributed by atoms with Gasteiger partial charge in [-0.3, -0.25) is 19.6 Å². The zero-order valence-corrected chi connectivity index (χ0v) is 32.6. The lowest BCUT2D eigenvalue weighted by molar-refractivity contribution is -0.134. The topological polar surface area (TPSA) is 111 Å².